The van der Waals surface area contributed by atoms with Crippen molar-refractivity contribution in [2.75, 3.05) is 0 Å². The van der Waals surface area contributed by atoms with E-state index in [0.717, 1.165) is 6.42 Å². The molecule has 0 amide bonds. The van der Waals surface area contributed by atoms with Gasteiger partial charge in [0.1, 0.15) is 0 Å². The molecule has 1 heteroatoms. The fraction of sp³-hybridized carbons (Fsp3) is 1.00. The Labute approximate surface area is 70.8 Å². The predicted octanol–water partition coefficient (Wildman–Crippen LogP) is 2.83. The summed E-state index contributed by atoms with van der Waals surface area (Å²) in [6.07, 6.45) is 3.60. The highest BCUT2D eigenvalue weighted by atomic mass is 16.3. The van der Waals surface area contributed by atoms with E-state index in [-0.39, 0.29) is 6.10 Å². The van der Waals surface area contributed by atoms with Crippen molar-refractivity contribution in [3.63, 3.8) is 0 Å². The van der Waals surface area contributed by atoms with E-state index in [1.54, 1.807) is 0 Å². The molecule has 1 N–H and O–H groups in total. The molecule has 1 aliphatic rings. The summed E-state index contributed by atoms with van der Waals surface area (Å²) in [6, 6.07) is 0. The standard InChI is InChI=1S/C8H16O.C2H6/c1-3-7-5-4-6(2)8(7)9;1-2/h6-9H,3-5H2,1-2H3;1-2H3/t6-,7-,8?;/m0./s1. The van der Waals surface area contributed by atoms with E-state index in [2.05, 4.69) is 13.8 Å². The van der Waals surface area contributed by atoms with E-state index in [1.807, 2.05) is 13.8 Å². The molecule has 1 nitrogen and oxygen atoms in total. The van der Waals surface area contributed by atoms with E-state index in [9.17, 15) is 5.11 Å². The second-order valence-corrected chi connectivity index (χ2v) is 3.21. The van der Waals surface area contributed by atoms with Gasteiger partial charge in [-0.25, -0.2) is 0 Å². The van der Waals surface area contributed by atoms with Crippen LogP contribution < -0.4 is 0 Å². The van der Waals surface area contributed by atoms with Crippen molar-refractivity contribution in [2.24, 2.45) is 11.8 Å². The number of aliphatic hydroxyl groups is 1. The first-order chi connectivity index (χ1) is 5.25. The molecule has 0 aromatic rings. The van der Waals surface area contributed by atoms with Gasteiger partial charge in [0.15, 0.2) is 0 Å². The minimum absolute atomic E-state index is 0.00463. The van der Waals surface area contributed by atoms with Gasteiger partial charge in [-0.2, -0.15) is 0 Å². The van der Waals surface area contributed by atoms with Crippen molar-refractivity contribution < 1.29 is 5.11 Å². The zero-order valence-electron chi connectivity index (χ0n) is 8.30. The molecule has 0 heterocycles. The van der Waals surface area contributed by atoms with Crippen LogP contribution in [0, 0.1) is 11.8 Å². The van der Waals surface area contributed by atoms with Gasteiger partial charge in [0.25, 0.3) is 0 Å². The largest absolute Gasteiger partial charge is 0.393 e. The normalized spacial score (nSPS) is 36.3. The van der Waals surface area contributed by atoms with E-state index in [0.29, 0.717) is 11.8 Å². The fourth-order valence-corrected chi connectivity index (χ4v) is 1.73. The predicted molar refractivity (Wildman–Crippen MR) is 49.5 cm³/mol. The quantitative estimate of drug-likeness (QED) is 0.622. The van der Waals surface area contributed by atoms with Gasteiger partial charge >= 0.3 is 0 Å². The van der Waals surface area contributed by atoms with Crippen LogP contribution in [0.3, 0.4) is 0 Å². The minimum atomic E-state index is -0.00463. The molecule has 11 heavy (non-hydrogen) atoms. The Kier molecular flexibility index (Phi) is 5.57. The van der Waals surface area contributed by atoms with Crippen LogP contribution in [0.15, 0.2) is 0 Å². The maximum atomic E-state index is 9.46. The van der Waals surface area contributed by atoms with Gasteiger partial charge in [-0.05, 0) is 24.7 Å². The van der Waals surface area contributed by atoms with Crippen molar-refractivity contribution in [1.29, 1.82) is 0 Å². The van der Waals surface area contributed by atoms with E-state index in [1.165, 1.54) is 12.8 Å². The fourth-order valence-electron chi connectivity index (χ4n) is 1.73. The van der Waals surface area contributed by atoms with Crippen LogP contribution in [0.4, 0.5) is 0 Å². The highest BCUT2D eigenvalue weighted by Gasteiger charge is 2.29. The molecule has 1 aliphatic carbocycles. The van der Waals surface area contributed by atoms with Crippen molar-refractivity contribution in [3.8, 4) is 0 Å². The van der Waals surface area contributed by atoms with Gasteiger partial charge in [0, 0.05) is 0 Å². The summed E-state index contributed by atoms with van der Waals surface area (Å²) in [5.41, 5.74) is 0. The lowest BCUT2D eigenvalue weighted by molar-refractivity contribution is 0.0962. The van der Waals surface area contributed by atoms with Crippen LogP contribution in [-0.2, 0) is 0 Å². The van der Waals surface area contributed by atoms with Crippen molar-refractivity contribution in [1.82, 2.24) is 0 Å². The molecule has 1 fully saturated rings. The highest BCUT2D eigenvalue weighted by Crippen LogP contribution is 2.32. The molecule has 0 aromatic heterocycles. The lowest BCUT2D eigenvalue weighted by Gasteiger charge is -2.13. The van der Waals surface area contributed by atoms with Gasteiger partial charge in [-0.1, -0.05) is 34.1 Å². The second-order valence-electron chi connectivity index (χ2n) is 3.21. The van der Waals surface area contributed by atoms with Gasteiger partial charge in [-0.3, -0.25) is 0 Å². The number of aliphatic hydroxyl groups excluding tert-OH is 1. The summed E-state index contributed by atoms with van der Waals surface area (Å²) in [7, 11) is 0. The van der Waals surface area contributed by atoms with Gasteiger partial charge in [0.05, 0.1) is 6.10 Å². The monoisotopic (exact) mass is 158 g/mol. The molecule has 0 aromatic carbocycles. The Morgan fingerprint density at radius 3 is 2.00 bits per heavy atom. The Balaban J connectivity index is 0.000000461. The average Bonchev–Trinajstić information content (AvgIpc) is 2.37. The molecule has 1 rings (SSSR count). The second kappa shape index (κ2) is 5.59. The van der Waals surface area contributed by atoms with E-state index < -0.39 is 0 Å². The number of hydrogen-bond acceptors (Lipinski definition) is 1. The Morgan fingerprint density at radius 1 is 1.27 bits per heavy atom. The summed E-state index contributed by atoms with van der Waals surface area (Å²) < 4.78 is 0. The Morgan fingerprint density at radius 2 is 1.82 bits per heavy atom. The van der Waals surface area contributed by atoms with Gasteiger partial charge in [-0.15, -0.1) is 0 Å². The zero-order valence-corrected chi connectivity index (χ0v) is 8.30. The molecule has 1 unspecified atom stereocenters. The van der Waals surface area contributed by atoms with Crippen molar-refractivity contribution in [2.45, 2.75) is 53.1 Å². The van der Waals surface area contributed by atoms with Crippen LogP contribution in [0.1, 0.15) is 47.0 Å². The molecule has 0 spiro atoms. The first kappa shape index (κ1) is 11.0. The summed E-state index contributed by atoms with van der Waals surface area (Å²) in [4.78, 5) is 0. The topological polar surface area (TPSA) is 20.2 Å². The molecule has 1 saturated carbocycles. The molecule has 3 atom stereocenters. The van der Waals surface area contributed by atoms with Crippen molar-refractivity contribution in [3.05, 3.63) is 0 Å². The maximum Gasteiger partial charge on any atom is 0.0593 e. The van der Waals surface area contributed by atoms with E-state index >= 15 is 0 Å². The lowest BCUT2D eigenvalue weighted by atomic mass is 10.0. The molecule has 0 saturated heterocycles. The lowest BCUT2D eigenvalue weighted by Crippen LogP contribution is -2.17. The Hall–Kier alpha value is -0.0400. The van der Waals surface area contributed by atoms with Crippen LogP contribution >= 0.6 is 0 Å². The van der Waals surface area contributed by atoms with Crippen LogP contribution in [-0.4, -0.2) is 11.2 Å². The number of rotatable bonds is 1. The third kappa shape index (κ3) is 2.82. The van der Waals surface area contributed by atoms with Gasteiger partial charge in [0.2, 0.25) is 0 Å². The summed E-state index contributed by atoms with van der Waals surface area (Å²) in [5.74, 6) is 1.15. The molecule has 0 bridgehead atoms. The third-order valence-electron chi connectivity index (χ3n) is 2.58. The Bertz CT molecular complexity index is 90.9. The van der Waals surface area contributed by atoms with Crippen LogP contribution in [0.2, 0.25) is 0 Å². The van der Waals surface area contributed by atoms with Crippen molar-refractivity contribution >= 4 is 0 Å². The van der Waals surface area contributed by atoms with E-state index in [4.69, 9.17) is 0 Å². The first-order valence-corrected chi connectivity index (χ1v) is 4.93. The minimum Gasteiger partial charge on any atom is -0.393 e. The molecular formula is C10H22O. The van der Waals surface area contributed by atoms with Crippen LogP contribution in [0.5, 0.6) is 0 Å². The highest BCUT2D eigenvalue weighted by molar-refractivity contribution is 4.80. The molecular weight excluding hydrogens is 136 g/mol. The smallest absolute Gasteiger partial charge is 0.0593 e. The molecule has 0 radical (unpaired) electrons. The maximum absolute atomic E-state index is 9.46. The summed E-state index contributed by atoms with van der Waals surface area (Å²) in [6.45, 7) is 8.30. The number of hydrogen-bond donors (Lipinski definition) is 1. The third-order valence-corrected chi connectivity index (χ3v) is 2.58. The molecule has 0 aliphatic heterocycles. The zero-order chi connectivity index (χ0) is 8.85. The van der Waals surface area contributed by atoms with Crippen LogP contribution in [0.25, 0.3) is 0 Å². The first-order valence-electron chi connectivity index (χ1n) is 4.93. The van der Waals surface area contributed by atoms with Gasteiger partial charge < -0.3 is 5.11 Å². The average molecular weight is 158 g/mol. The SMILES string of the molecule is CC.CC[C@H]1CC[C@H](C)C1O. The summed E-state index contributed by atoms with van der Waals surface area (Å²) in [5, 5.41) is 9.46. The summed E-state index contributed by atoms with van der Waals surface area (Å²) >= 11 is 0. The molecule has 68 valence electrons.